The van der Waals surface area contributed by atoms with Crippen LogP contribution in [0.1, 0.15) is 18.9 Å². The fraction of sp³-hybridized carbons (Fsp3) is 0.571. The fourth-order valence-corrected chi connectivity index (χ4v) is 2.43. The lowest BCUT2D eigenvalue weighted by molar-refractivity contribution is 0.00190. The summed E-state index contributed by atoms with van der Waals surface area (Å²) in [5, 5.41) is 14.0. The van der Waals surface area contributed by atoms with E-state index >= 15 is 0 Å². The number of hydrogen-bond donors (Lipinski definition) is 2. The minimum Gasteiger partial charge on any atom is -0.496 e. The Balaban J connectivity index is 2.13. The molecule has 2 unspecified atom stereocenters. The van der Waals surface area contributed by atoms with Crippen LogP contribution < -0.4 is 10.1 Å². The number of morpholine rings is 1. The first-order chi connectivity index (χ1) is 8.63. The lowest BCUT2D eigenvalue weighted by Gasteiger charge is -2.32. The number of hydrogen-bond acceptors (Lipinski definition) is 4. The van der Waals surface area contributed by atoms with E-state index in [-0.39, 0.29) is 6.04 Å². The van der Waals surface area contributed by atoms with Crippen LogP contribution >= 0.6 is 0 Å². The highest BCUT2D eigenvalue weighted by Crippen LogP contribution is 2.33. The number of benzene rings is 1. The fourth-order valence-electron chi connectivity index (χ4n) is 2.43. The smallest absolute Gasteiger partial charge is 0.124 e. The highest BCUT2D eigenvalue weighted by molar-refractivity contribution is 5.37. The number of methoxy groups -OCH3 is 1. The van der Waals surface area contributed by atoms with Gasteiger partial charge in [0, 0.05) is 18.2 Å². The van der Waals surface area contributed by atoms with Crippen molar-refractivity contribution in [3.05, 3.63) is 29.8 Å². The summed E-state index contributed by atoms with van der Waals surface area (Å²) < 4.78 is 10.7. The van der Waals surface area contributed by atoms with E-state index in [1.54, 1.807) is 7.11 Å². The molecule has 0 radical (unpaired) electrons. The second-order valence-electron chi connectivity index (χ2n) is 4.90. The zero-order chi connectivity index (χ0) is 13.0. The highest BCUT2D eigenvalue weighted by atomic mass is 16.5. The van der Waals surface area contributed by atoms with Crippen LogP contribution in [0.4, 0.5) is 0 Å². The molecule has 0 amide bonds. The van der Waals surface area contributed by atoms with Gasteiger partial charge in [0.2, 0.25) is 0 Å². The number of rotatable bonds is 4. The Labute approximate surface area is 108 Å². The molecule has 0 spiro atoms. The molecule has 2 N–H and O–H groups in total. The van der Waals surface area contributed by atoms with Crippen molar-refractivity contribution in [2.45, 2.75) is 25.0 Å². The first-order valence-corrected chi connectivity index (χ1v) is 6.30. The first-order valence-electron chi connectivity index (χ1n) is 6.30. The van der Waals surface area contributed by atoms with Gasteiger partial charge in [-0.2, -0.15) is 0 Å². The molecular weight excluding hydrogens is 230 g/mol. The average molecular weight is 251 g/mol. The third kappa shape index (κ3) is 3.02. The third-order valence-corrected chi connectivity index (χ3v) is 3.33. The Hall–Kier alpha value is -1.10. The first kappa shape index (κ1) is 13.3. The lowest BCUT2D eigenvalue weighted by atomic mass is 9.88. The van der Waals surface area contributed by atoms with Crippen LogP contribution in [-0.2, 0) is 10.3 Å². The summed E-state index contributed by atoms with van der Waals surface area (Å²) in [7, 11) is 1.62. The van der Waals surface area contributed by atoms with Gasteiger partial charge in [-0.1, -0.05) is 18.2 Å². The maximum absolute atomic E-state index is 10.7. The standard InChI is InChI=1S/C14H21NO3/c1-14(16,9-11-10-18-8-7-15-11)12-5-3-4-6-13(12)17-2/h3-6,11,15-16H,7-10H2,1-2H3. The summed E-state index contributed by atoms with van der Waals surface area (Å²) in [6.45, 7) is 4.05. The summed E-state index contributed by atoms with van der Waals surface area (Å²) in [5.74, 6) is 0.722. The van der Waals surface area contributed by atoms with Gasteiger partial charge in [0.05, 0.1) is 25.9 Å². The third-order valence-electron chi connectivity index (χ3n) is 3.33. The molecule has 1 aromatic rings. The molecule has 1 aliphatic rings. The van der Waals surface area contributed by atoms with E-state index in [0.717, 1.165) is 24.5 Å². The van der Waals surface area contributed by atoms with Crippen molar-refractivity contribution in [3.63, 3.8) is 0 Å². The summed E-state index contributed by atoms with van der Waals surface area (Å²) in [4.78, 5) is 0. The maximum atomic E-state index is 10.7. The SMILES string of the molecule is COc1ccccc1C(C)(O)CC1COCCN1. The Morgan fingerprint density at radius 3 is 2.94 bits per heavy atom. The van der Waals surface area contributed by atoms with E-state index in [0.29, 0.717) is 13.0 Å². The van der Waals surface area contributed by atoms with Gasteiger partial charge in [0.15, 0.2) is 0 Å². The van der Waals surface area contributed by atoms with Crippen LogP contribution in [0.2, 0.25) is 0 Å². The molecule has 0 saturated carbocycles. The molecule has 1 heterocycles. The molecule has 2 atom stereocenters. The van der Waals surface area contributed by atoms with Crippen LogP contribution in [0.15, 0.2) is 24.3 Å². The Bertz CT molecular complexity index is 386. The van der Waals surface area contributed by atoms with Gasteiger partial charge in [-0.25, -0.2) is 0 Å². The van der Waals surface area contributed by atoms with E-state index in [4.69, 9.17) is 9.47 Å². The van der Waals surface area contributed by atoms with Gasteiger partial charge >= 0.3 is 0 Å². The number of aliphatic hydroxyl groups is 1. The van der Waals surface area contributed by atoms with Crippen LogP contribution in [0.3, 0.4) is 0 Å². The van der Waals surface area contributed by atoms with Gasteiger partial charge in [-0.15, -0.1) is 0 Å². The molecule has 100 valence electrons. The summed E-state index contributed by atoms with van der Waals surface area (Å²) in [6.07, 6.45) is 0.605. The predicted octanol–water partition coefficient (Wildman–Crippen LogP) is 1.28. The maximum Gasteiger partial charge on any atom is 0.124 e. The molecule has 18 heavy (non-hydrogen) atoms. The molecule has 0 aliphatic carbocycles. The largest absolute Gasteiger partial charge is 0.496 e. The highest BCUT2D eigenvalue weighted by Gasteiger charge is 2.30. The zero-order valence-corrected chi connectivity index (χ0v) is 11.0. The molecule has 1 fully saturated rings. The molecule has 1 saturated heterocycles. The summed E-state index contributed by atoms with van der Waals surface area (Å²) in [5.41, 5.74) is -0.106. The Kier molecular flexibility index (Phi) is 4.22. The van der Waals surface area contributed by atoms with Crippen molar-refractivity contribution >= 4 is 0 Å². The quantitative estimate of drug-likeness (QED) is 0.846. The van der Waals surface area contributed by atoms with Crippen molar-refractivity contribution in [3.8, 4) is 5.75 Å². The average Bonchev–Trinajstić information content (AvgIpc) is 2.39. The Morgan fingerprint density at radius 1 is 1.50 bits per heavy atom. The molecule has 1 aromatic carbocycles. The van der Waals surface area contributed by atoms with Gasteiger partial charge < -0.3 is 19.9 Å². The second-order valence-corrected chi connectivity index (χ2v) is 4.90. The van der Waals surface area contributed by atoms with E-state index in [9.17, 15) is 5.11 Å². The van der Waals surface area contributed by atoms with Crippen molar-refractivity contribution in [2.24, 2.45) is 0 Å². The van der Waals surface area contributed by atoms with Crippen LogP contribution in [-0.4, -0.2) is 38.0 Å². The molecule has 1 aliphatic heterocycles. The zero-order valence-electron chi connectivity index (χ0n) is 11.0. The van der Waals surface area contributed by atoms with Gasteiger partial charge in [-0.3, -0.25) is 0 Å². The van der Waals surface area contributed by atoms with Crippen LogP contribution in [0, 0.1) is 0 Å². The van der Waals surface area contributed by atoms with Crippen molar-refractivity contribution in [2.75, 3.05) is 26.9 Å². The van der Waals surface area contributed by atoms with Crippen molar-refractivity contribution in [1.82, 2.24) is 5.32 Å². The number of para-hydroxylation sites is 1. The van der Waals surface area contributed by atoms with E-state index in [1.165, 1.54) is 0 Å². The molecule has 0 aromatic heterocycles. The molecule has 4 heteroatoms. The monoisotopic (exact) mass is 251 g/mol. The van der Waals surface area contributed by atoms with Crippen molar-refractivity contribution < 1.29 is 14.6 Å². The minimum atomic E-state index is -0.926. The van der Waals surface area contributed by atoms with E-state index in [2.05, 4.69) is 5.32 Å². The van der Waals surface area contributed by atoms with Crippen molar-refractivity contribution in [1.29, 1.82) is 0 Å². The second kappa shape index (κ2) is 5.69. The van der Waals surface area contributed by atoms with Crippen LogP contribution in [0.5, 0.6) is 5.75 Å². The van der Waals surface area contributed by atoms with Gasteiger partial charge in [0.25, 0.3) is 0 Å². The van der Waals surface area contributed by atoms with Crippen LogP contribution in [0.25, 0.3) is 0 Å². The molecule has 4 nitrogen and oxygen atoms in total. The predicted molar refractivity (Wildman–Crippen MR) is 69.8 cm³/mol. The summed E-state index contributed by atoms with van der Waals surface area (Å²) >= 11 is 0. The van der Waals surface area contributed by atoms with Gasteiger partial charge in [0.1, 0.15) is 5.75 Å². The molecular formula is C14H21NO3. The normalized spacial score (nSPS) is 23.4. The Morgan fingerprint density at radius 2 is 2.28 bits per heavy atom. The lowest BCUT2D eigenvalue weighted by Crippen LogP contribution is -2.45. The molecule has 2 rings (SSSR count). The number of ether oxygens (including phenoxy) is 2. The molecule has 0 bridgehead atoms. The van der Waals surface area contributed by atoms with Gasteiger partial charge in [-0.05, 0) is 19.4 Å². The number of nitrogens with one attached hydrogen (secondary N) is 1. The summed E-state index contributed by atoms with van der Waals surface area (Å²) in [6, 6.07) is 7.77. The topological polar surface area (TPSA) is 50.7 Å². The van der Waals surface area contributed by atoms with E-state index in [1.807, 2.05) is 31.2 Å². The minimum absolute atomic E-state index is 0.179. The van der Waals surface area contributed by atoms with E-state index < -0.39 is 5.60 Å².